The van der Waals surface area contributed by atoms with E-state index in [9.17, 15) is 0 Å². The molecule has 2 heterocycles. The summed E-state index contributed by atoms with van der Waals surface area (Å²) in [4.78, 5) is 2.37. The first-order valence-electron chi connectivity index (χ1n) is 17.2. The third-order valence-corrected chi connectivity index (χ3v) is 10.2. The molecule has 0 unspecified atom stereocenters. The van der Waals surface area contributed by atoms with Crippen molar-refractivity contribution in [2.45, 2.75) is 52.4 Å². The van der Waals surface area contributed by atoms with Gasteiger partial charge in [-0.25, -0.2) is 0 Å². The van der Waals surface area contributed by atoms with Crippen LogP contribution in [-0.4, -0.2) is 0 Å². The molecule has 7 aromatic carbocycles. The third-order valence-electron chi connectivity index (χ3n) is 10.2. The predicted molar refractivity (Wildman–Crippen MR) is 208 cm³/mol. The fourth-order valence-electron chi connectivity index (χ4n) is 7.49. The standard InChI is InChI=1S/C46H39NO2/c1-45(2,3)29-16-20-31(21-17-29)47(32-22-18-30(19-23-32)46(4,5)6)38-26-42-44(35-14-10-9-13-34(35)38)37-25-36-40(27-41(37)49-42)48-39-24-15-28-11-7-8-12-33(28)43(36)39/h7-27H,1-6H3. The Morgan fingerprint density at radius 3 is 1.51 bits per heavy atom. The highest BCUT2D eigenvalue weighted by Crippen LogP contribution is 2.46. The van der Waals surface area contributed by atoms with Crippen molar-refractivity contribution in [2.24, 2.45) is 0 Å². The molecule has 3 nitrogen and oxygen atoms in total. The second-order valence-corrected chi connectivity index (χ2v) is 15.5. The summed E-state index contributed by atoms with van der Waals surface area (Å²) in [7, 11) is 0. The van der Waals surface area contributed by atoms with Crippen molar-refractivity contribution in [3.8, 4) is 0 Å². The van der Waals surface area contributed by atoms with Crippen molar-refractivity contribution in [3.63, 3.8) is 0 Å². The number of furan rings is 2. The van der Waals surface area contributed by atoms with Gasteiger partial charge in [-0.1, -0.05) is 120 Å². The summed E-state index contributed by atoms with van der Waals surface area (Å²) in [6.07, 6.45) is 0. The monoisotopic (exact) mass is 637 g/mol. The van der Waals surface area contributed by atoms with Gasteiger partial charge >= 0.3 is 0 Å². The Morgan fingerprint density at radius 2 is 0.918 bits per heavy atom. The van der Waals surface area contributed by atoms with Crippen LogP contribution in [0.3, 0.4) is 0 Å². The highest BCUT2D eigenvalue weighted by molar-refractivity contribution is 6.27. The molecule has 9 rings (SSSR count). The first-order chi connectivity index (χ1) is 23.5. The first kappa shape index (κ1) is 29.6. The molecule has 0 N–H and O–H groups in total. The summed E-state index contributed by atoms with van der Waals surface area (Å²) >= 11 is 0. The normalized spacial score (nSPS) is 12.7. The molecule has 9 aromatic rings. The van der Waals surface area contributed by atoms with Crippen molar-refractivity contribution >= 4 is 82.5 Å². The van der Waals surface area contributed by atoms with Crippen LogP contribution in [0.4, 0.5) is 17.1 Å². The smallest absolute Gasteiger partial charge is 0.139 e. The molecule has 0 aliphatic heterocycles. The fraction of sp³-hybridized carbons (Fsp3) is 0.174. The maximum Gasteiger partial charge on any atom is 0.139 e. The fourth-order valence-corrected chi connectivity index (χ4v) is 7.49. The van der Waals surface area contributed by atoms with Gasteiger partial charge < -0.3 is 13.7 Å². The van der Waals surface area contributed by atoms with Crippen molar-refractivity contribution < 1.29 is 8.83 Å². The number of rotatable bonds is 3. The maximum atomic E-state index is 6.76. The Kier molecular flexibility index (Phi) is 6.33. The predicted octanol–water partition coefficient (Wildman–Crippen LogP) is 13.9. The quantitative estimate of drug-likeness (QED) is 0.193. The molecule has 0 atom stereocenters. The third kappa shape index (κ3) is 4.71. The SMILES string of the molecule is CC(C)(C)c1ccc(N(c2ccc(C(C)(C)C)cc2)c2cc3oc4cc5oc6ccc7ccccc7c6c5cc4c3c3ccccc23)cc1. The summed E-state index contributed by atoms with van der Waals surface area (Å²) in [6, 6.07) is 46.1. The van der Waals surface area contributed by atoms with Gasteiger partial charge in [-0.15, -0.1) is 0 Å². The average Bonchev–Trinajstić information content (AvgIpc) is 3.64. The van der Waals surface area contributed by atoms with E-state index in [2.05, 4.69) is 174 Å². The Morgan fingerprint density at radius 1 is 0.408 bits per heavy atom. The molecule has 0 bridgehead atoms. The van der Waals surface area contributed by atoms with E-state index < -0.39 is 0 Å². The van der Waals surface area contributed by atoms with Gasteiger partial charge in [-0.05, 0) is 74.5 Å². The molecule has 0 radical (unpaired) electrons. The van der Waals surface area contributed by atoms with Crippen LogP contribution in [0.2, 0.25) is 0 Å². The zero-order chi connectivity index (χ0) is 33.7. The summed E-state index contributed by atoms with van der Waals surface area (Å²) in [5.74, 6) is 0. The zero-order valence-corrected chi connectivity index (χ0v) is 28.9. The number of hydrogen-bond donors (Lipinski definition) is 0. The van der Waals surface area contributed by atoms with Crippen LogP contribution in [0.15, 0.2) is 136 Å². The average molecular weight is 638 g/mol. The molecule has 240 valence electrons. The molecular weight excluding hydrogens is 599 g/mol. The van der Waals surface area contributed by atoms with Gasteiger partial charge in [0.2, 0.25) is 0 Å². The molecule has 0 aliphatic rings. The van der Waals surface area contributed by atoms with Crippen molar-refractivity contribution in [3.05, 3.63) is 139 Å². The van der Waals surface area contributed by atoms with Crippen molar-refractivity contribution in [1.29, 1.82) is 0 Å². The van der Waals surface area contributed by atoms with Gasteiger partial charge in [0.1, 0.15) is 22.3 Å². The largest absolute Gasteiger partial charge is 0.456 e. The number of hydrogen-bond acceptors (Lipinski definition) is 3. The number of fused-ring (bicyclic) bond motifs is 10. The highest BCUT2D eigenvalue weighted by Gasteiger charge is 2.23. The number of benzene rings is 7. The van der Waals surface area contributed by atoms with Gasteiger partial charge in [0.15, 0.2) is 0 Å². The van der Waals surface area contributed by atoms with Gasteiger partial charge in [0.05, 0.1) is 5.69 Å². The van der Waals surface area contributed by atoms with Crippen LogP contribution >= 0.6 is 0 Å². The lowest BCUT2D eigenvalue weighted by Gasteiger charge is -2.29. The lowest BCUT2D eigenvalue weighted by Crippen LogP contribution is -2.14. The molecule has 0 spiro atoms. The molecular formula is C46H39NO2. The van der Waals surface area contributed by atoms with E-state index in [1.54, 1.807) is 0 Å². The molecule has 49 heavy (non-hydrogen) atoms. The summed E-state index contributed by atoms with van der Waals surface area (Å²) in [6.45, 7) is 13.6. The minimum absolute atomic E-state index is 0.0639. The lowest BCUT2D eigenvalue weighted by molar-refractivity contribution is 0.590. The molecule has 0 fully saturated rings. The van der Waals surface area contributed by atoms with E-state index in [4.69, 9.17) is 8.83 Å². The number of anilines is 3. The summed E-state index contributed by atoms with van der Waals surface area (Å²) in [5.41, 5.74) is 9.43. The van der Waals surface area contributed by atoms with Crippen LogP contribution in [-0.2, 0) is 10.8 Å². The van der Waals surface area contributed by atoms with E-state index >= 15 is 0 Å². The van der Waals surface area contributed by atoms with Crippen LogP contribution in [0.5, 0.6) is 0 Å². The van der Waals surface area contributed by atoms with Crippen LogP contribution in [0, 0.1) is 0 Å². The Labute approximate surface area is 286 Å². The summed E-state index contributed by atoms with van der Waals surface area (Å²) < 4.78 is 13.2. The van der Waals surface area contributed by atoms with Gasteiger partial charge in [-0.3, -0.25) is 0 Å². The Hall–Kier alpha value is -5.54. The molecule has 0 saturated heterocycles. The lowest BCUT2D eigenvalue weighted by atomic mass is 9.86. The first-order valence-corrected chi connectivity index (χ1v) is 17.2. The second-order valence-electron chi connectivity index (χ2n) is 15.5. The number of nitrogens with zero attached hydrogens (tertiary/aromatic N) is 1. The Bertz CT molecular complexity index is 2650. The highest BCUT2D eigenvalue weighted by atomic mass is 16.3. The van der Waals surface area contributed by atoms with Crippen molar-refractivity contribution in [1.82, 2.24) is 0 Å². The van der Waals surface area contributed by atoms with E-state index in [0.717, 1.165) is 66.3 Å². The minimum atomic E-state index is 0.0639. The van der Waals surface area contributed by atoms with Crippen LogP contribution < -0.4 is 4.90 Å². The van der Waals surface area contributed by atoms with E-state index in [1.807, 2.05) is 0 Å². The van der Waals surface area contributed by atoms with E-state index in [-0.39, 0.29) is 10.8 Å². The topological polar surface area (TPSA) is 29.5 Å². The molecule has 0 saturated carbocycles. The van der Waals surface area contributed by atoms with Gasteiger partial charge in [0, 0.05) is 50.4 Å². The van der Waals surface area contributed by atoms with Crippen molar-refractivity contribution in [2.75, 3.05) is 4.90 Å². The van der Waals surface area contributed by atoms with Crippen LogP contribution in [0.25, 0.3) is 65.4 Å². The maximum absolute atomic E-state index is 6.76. The molecule has 2 aromatic heterocycles. The second kappa shape index (κ2) is 10.5. The molecule has 3 heteroatoms. The summed E-state index contributed by atoms with van der Waals surface area (Å²) in [5, 5.41) is 9.20. The van der Waals surface area contributed by atoms with E-state index in [1.165, 1.54) is 27.3 Å². The molecule has 0 amide bonds. The Balaban J connectivity index is 1.31. The minimum Gasteiger partial charge on any atom is -0.456 e. The van der Waals surface area contributed by atoms with Crippen LogP contribution in [0.1, 0.15) is 52.7 Å². The van der Waals surface area contributed by atoms with Gasteiger partial charge in [-0.2, -0.15) is 0 Å². The molecule has 0 aliphatic carbocycles. The van der Waals surface area contributed by atoms with E-state index in [0.29, 0.717) is 0 Å². The van der Waals surface area contributed by atoms with Gasteiger partial charge in [0.25, 0.3) is 0 Å². The zero-order valence-electron chi connectivity index (χ0n) is 28.9.